The van der Waals surface area contributed by atoms with E-state index in [1.807, 2.05) is 0 Å². The van der Waals surface area contributed by atoms with E-state index < -0.39 is 80.0 Å². The van der Waals surface area contributed by atoms with Crippen molar-refractivity contribution in [1.82, 2.24) is 29.4 Å². The molecule has 0 spiro atoms. The molecule has 6 amide bonds. The van der Waals surface area contributed by atoms with Gasteiger partial charge in [0.05, 0.1) is 10.5 Å². The Balaban J connectivity index is 1.22. The number of fused-ring (bicyclic) bond motifs is 8. The lowest BCUT2D eigenvalue weighted by Crippen LogP contribution is -2.61. The van der Waals surface area contributed by atoms with Gasteiger partial charge in [0, 0.05) is 49.8 Å². The second kappa shape index (κ2) is 15.3. The summed E-state index contributed by atoms with van der Waals surface area (Å²) in [6.45, 7) is 8.30. The zero-order valence-electron chi connectivity index (χ0n) is 32.6. The first kappa shape index (κ1) is 40.6. The minimum atomic E-state index is -1.24. The van der Waals surface area contributed by atoms with Gasteiger partial charge < -0.3 is 39.6 Å². The first-order valence-electron chi connectivity index (χ1n) is 20.1. The fourth-order valence-corrected chi connectivity index (χ4v) is 13.2. The van der Waals surface area contributed by atoms with Gasteiger partial charge in [-0.15, -0.1) is 23.5 Å². The Labute approximate surface area is 335 Å². The van der Waals surface area contributed by atoms with Crippen molar-refractivity contribution in [3.8, 4) is 0 Å². The summed E-state index contributed by atoms with van der Waals surface area (Å²) >= 11 is 2.56. The minimum absolute atomic E-state index is 0.0794. The van der Waals surface area contributed by atoms with Crippen LogP contribution in [0.15, 0.2) is 0 Å². The Kier molecular flexibility index (Phi) is 11.1. The standard InChI is InChI=1S/C38H54N6O10S2/c1-21-29(45)43-15-7-11-37(43,3)35(53)39-13-5-10-26(39)32(48)42-20-24(18-28(42)34(51)52)56-22(2)30(46)44-16-8-12-38(44,4)36(54)40-14-6-9-25(40)31(47)41-19-23(55-21)17-27(41)33(49)50/h21-28H,5-20H2,1-4H3,(H,49,50)(H,51,52)/t21-,22-,23+,24+,25+,26+,27+,28+,37+,38+/m1/s1. The van der Waals surface area contributed by atoms with Crippen molar-refractivity contribution >= 4 is 70.9 Å². The fraction of sp³-hybridized carbons (Fsp3) is 0.789. The number of carbonyl (C=O) groups excluding carboxylic acids is 6. The average Bonchev–Trinajstić information content (AvgIpc) is 4.01. The number of nitrogens with zero attached hydrogens (tertiary/aromatic N) is 6. The van der Waals surface area contributed by atoms with Crippen LogP contribution in [0.4, 0.5) is 0 Å². The van der Waals surface area contributed by atoms with E-state index in [1.54, 1.807) is 37.5 Å². The van der Waals surface area contributed by atoms with Crippen LogP contribution in [0.1, 0.15) is 91.9 Å². The van der Waals surface area contributed by atoms with Crippen molar-refractivity contribution in [3.05, 3.63) is 0 Å². The highest BCUT2D eigenvalue weighted by Gasteiger charge is 2.55. The zero-order chi connectivity index (χ0) is 40.4. The third-order valence-electron chi connectivity index (χ3n) is 13.5. The second-order valence-corrected chi connectivity index (χ2v) is 20.3. The van der Waals surface area contributed by atoms with Crippen molar-refractivity contribution in [2.75, 3.05) is 39.3 Å². The summed E-state index contributed by atoms with van der Waals surface area (Å²) in [4.78, 5) is 120. The van der Waals surface area contributed by atoms with Crippen LogP contribution < -0.4 is 0 Å². The van der Waals surface area contributed by atoms with Gasteiger partial charge in [0.1, 0.15) is 35.2 Å². The molecular weight excluding hydrogens is 765 g/mol. The van der Waals surface area contributed by atoms with E-state index in [4.69, 9.17) is 0 Å². The Morgan fingerprint density at radius 2 is 0.946 bits per heavy atom. The van der Waals surface area contributed by atoms with Gasteiger partial charge in [-0.05, 0) is 91.9 Å². The lowest BCUT2D eigenvalue weighted by atomic mass is 9.95. The number of carbonyl (C=O) groups is 8. The maximum absolute atomic E-state index is 14.5. The van der Waals surface area contributed by atoms with Crippen LogP contribution in [0.25, 0.3) is 0 Å². The largest absolute Gasteiger partial charge is 0.480 e. The monoisotopic (exact) mass is 818 g/mol. The topological polar surface area (TPSA) is 196 Å². The van der Waals surface area contributed by atoms with E-state index in [2.05, 4.69) is 0 Å². The van der Waals surface area contributed by atoms with Gasteiger partial charge in [0.2, 0.25) is 35.4 Å². The van der Waals surface area contributed by atoms with Gasteiger partial charge in [-0.3, -0.25) is 28.8 Å². The first-order chi connectivity index (χ1) is 26.5. The van der Waals surface area contributed by atoms with Crippen LogP contribution in [-0.4, -0.2) is 183 Å². The molecule has 16 nitrogen and oxygen atoms in total. The van der Waals surface area contributed by atoms with Gasteiger partial charge >= 0.3 is 11.9 Å². The van der Waals surface area contributed by atoms with Crippen LogP contribution >= 0.6 is 23.5 Å². The summed E-state index contributed by atoms with van der Waals surface area (Å²) < 4.78 is 0. The number of amides is 6. The Morgan fingerprint density at radius 1 is 0.571 bits per heavy atom. The smallest absolute Gasteiger partial charge is 0.326 e. The molecule has 7 heterocycles. The van der Waals surface area contributed by atoms with Crippen LogP contribution in [0.5, 0.6) is 0 Å². The summed E-state index contributed by atoms with van der Waals surface area (Å²) in [6.07, 6.45) is 3.94. The van der Waals surface area contributed by atoms with Gasteiger partial charge in [-0.25, -0.2) is 9.59 Å². The summed E-state index contributed by atoms with van der Waals surface area (Å²) in [5, 5.41) is 18.4. The number of aliphatic carboxylic acids is 2. The average molecular weight is 819 g/mol. The number of carboxylic acids is 2. The maximum atomic E-state index is 14.5. The van der Waals surface area contributed by atoms with E-state index in [0.29, 0.717) is 77.5 Å². The fourth-order valence-electron chi connectivity index (χ4n) is 10.5. The predicted molar refractivity (Wildman–Crippen MR) is 205 cm³/mol. The van der Waals surface area contributed by atoms with Crippen molar-refractivity contribution < 1.29 is 48.6 Å². The highest BCUT2D eigenvalue weighted by molar-refractivity contribution is 8.01. The molecule has 0 unspecified atom stereocenters. The SMILES string of the molecule is C[C@H]1S[C@H]2C[C@@H](C(=O)O)N(C2)C(=O)[C@@H]2CCCN2C(=O)[C@]2(C)CCCN2C(=O)[C@@H](C)S[C@H]2C[C@@H](C(=O)O)N(C2)C(=O)[C@@H]2CCCN2C(=O)[C@]2(C)CCCN2C1=O. The molecule has 0 radical (unpaired) electrons. The normalized spacial score (nSPS) is 38.9. The summed E-state index contributed by atoms with van der Waals surface area (Å²) in [7, 11) is 0. The molecule has 7 aliphatic heterocycles. The van der Waals surface area contributed by atoms with Gasteiger partial charge in [0.25, 0.3) is 0 Å². The van der Waals surface area contributed by atoms with E-state index in [0.717, 1.165) is 0 Å². The molecule has 10 atom stereocenters. The van der Waals surface area contributed by atoms with Crippen molar-refractivity contribution in [3.63, 3.8) is 0 Å². The highest BCUT2D eigenvalue weighted by atomic mass is 32.2. The molecule has 4 bridgehead atoms. The number of rotatable bonds is 2. The molecule has 0 aromatic carbocycles. The van der Waals surface area contributed by atoms with Crippen LogP contribution in [-0.2, 0) is 38.4 Å². The predicted octanol–water partition coefficient (Wildman–Crippen LogP) is 1.10. The quantitative estimate of drug-likeness (QED) is 0.404. The van der Waals surface area contributed by atoms with E-state index in [-0.39, 0.29) is 49.6 Å². The molecule has 0 aromatic heterocycles. The lowest BCUT2D eigenvalue weighted by Gasteiger charge is -2.40. The summed E-state index contributed by atoms with van der Waals surface area (Å²) in [5.74, 6) is -4.49. The molecule has 0 saturated carbocycles. The summed E-state index contributed by atoms with van der Waals surface area (Å²) in [6, 6.07) is -4.05. The van der Waals surface area contributed by atoms with Crippen LogP contribution in [0, 0.1) is 0 Å². The van der Waals surface area contributed by atoms with Gasteiger partial charge in [0.15, 0.2) is 0 Å². The van der Waals surface area contributed by atoms with Gasteiger partial charge in [-0.2, -0.15) is 0 Å². The molecule has 7 rings (SSSR count). The Bertz CT molecular complexity index is 1580. The van der Waals surface area contributed by atoms with Crippen LogP contribution in [0.3, 0.4) is 0 Å². The number of hydrogen-bond donors (Lipinski definition) is 2. The number of carboxylic acid groups (broad SMARTS) is 2. The van der Waals surface area contributed by atoms with Gasteiger partial charge in [-0.1, -0.05) is 0 Å². The third-order valence-corrected chi connectivity index (χ3v) is 16.2. The van der Waals surface area contributed by atoms with Crippen LogP contribution in [0.2, 0.25) is 0 Å². The van der Waals surface area contributed by atoms with E-state index in [9.17, 15) is 48.6 Å². The Hall–Kier alpha value is -3.54. The molecule has 7 saturated heterocycles. The van der Waals surface area contributed by atoms with E-state index >= 15 is 0 Å². The second-order valence-electron chi connectivity index (χ2n) is 17.0. The summed E-state index contributed by atoms with van der Waals surface area (Å²) in [5.41, 5.74) is -2.48. The number of thioether (sulfide) groups is 2. The molecule has 7 aliphatic rings. The first-order valence-corrected chi connectivity index (χ1v) is 22.0. The highest BCUT2D eigenvalue weighted by Crippen LogP contribution is 2.41. The van der Waals surface area contributed by atoms with E-state index in [1.165, 1.54) is 43.1 Å². The van der Waals surface area contributed by atoms with Crippen molar-refractivity contribution in [2.45, 2.75) is 148 Å². The van der Waals surface area contributed by atoms with Crippen molar-refractivity contribution in [2.24, 2.45) is 0 Å². The third kappa shape index (κ3) is 6.83. The number of hydrogen-bond acceptors (Lipinski definition) is 10. The Morgan fingerprint density at radius 3 is 1.30 bits per heavy atom. The molecule has 0 aliphatic carbocycles. The molecule has 0 aromatic rings. The molecule has 2 N–H and O–H groups in total. The molecule has 308 valence electrons. The maximum Gasteiger partial charge on any atom is 0.326 e. The minimum Gasteiger partial charge on any atom is -0.480 e. The molecule has 18 heteroatoms. The molecule has 7 fully saturated rings. The zero-order valence-corrected chi connectivity index (χ0v) is 34.2. The molecular formula is C38H54N6O10S2. The molecule has 56 heavy (non-hydrogen) atoms. The lowest BCUT2D eigenvalue weighted by molar-refractivity contribution is -0.156. The van der Waals surface area contributed by atoms with Crippen molar-refractivity contribution in [1.29, 1.82) is 0 Å².